The van der Waals surface area contributed by atoms with Gasteiger partial charge < -0.3 is 10.4 Å². The summed E-state index contributed by atoms with van der Waals surface area (Å²) in [5, 5.41) is 16.2. The standard InChI is InChI=1S/C19H27N3O/c1-3-4-5-6-7-8-10-20-15-12-16-17-14(9-11-22(16)2)13-21-18(17)19(15)23/h12-13H,3-11H2,1-2H3,(H,20,21,23)/p+1. The van der Waals surface area contributed by atoms with Gasteiger partial charge in [0.25, 0.3) is 0 Å². The Labute approximate surface area is 138 Å². The molecule has 1 aromatic carbocycles. The highest BCUT2D eigenvalue weighted by molar-refractivity contribution is 6.08. The van der Waals surface area contributed by atoms with Crippen LogP contribution < -0.4 is 20.5 Å². The lowest BCUT2D eigenvalue weighted by Crippen LogP contribution is -2.43. The molecule has 0 radical (unpaired) electrons. The first-order chi connectivity index (χ1) is 11.2. The molecule has 0 amide bonds. The van der Waals surface area contributed by atoms with Crippen molar-refractivity contribution in [1.29, 1.82) is 0 Å². The molecule has 3 rings (SSSR count). The summed E-state index contributed by atoms with van der Waals surface area (Å²) < 4.78 is 2.26. The monoisotopic (exact) mass is 314 g/mol. The van der Waals surface area contributed by atoms with Crippen LogP contribution in [0.1, 0.15) is 51.9 Å². The first-order valence-electron chi connectivity index (χ1n) is 8.97. The summed E-state index contributed by atoms with van der Waals surface area (Å²) in [7, 11) is 2.11. The lowest BCUT2D eigenvalue weighted by Gasteiger charge is -2.11. The third kappa shape index (κ3) is 3.26. The van der Waals surface area contributed by atoms with Crippen LogP contribution in [0.15, 0.2) is 11.1 Å². The summed E-state index contributed by atoms with van der Waals surface area (Å²) in [6, 6.07) is 2.08. The van der Waals surface area contributed by atoms with Gasteiger partial charge in [0.2, 0.25) is 5.36 Å². The number of nitrogens with one attached hydrogen (secondary N) is 1. The van der Waals surface area contributed by atoms with Crippen LogP contribution in [0, 0.1) is 0 Å². The van der Waals surface area contributed by atoms with E-state index in [4.69, 9.17) is 0 Å². The summed E-state index contributed by atoms with van der Waals surface area (Å²) in [5.74, 6) is 0.302. The third-order valence-electron chi connectivity index (χ3n) is 4.90. The van der Waals surface area contributed by atoms with Crippen LogP contribution in [0.5, 0.6) is 5.75 Å². The van der Waals surface area contributed by atoms with Crippen LogP contribution in [-0.4, -0.2) is 31.5 Å². The Morgan fingerprint density at radius 3 is 2.83 bits per heavy atom. The maximum absolute atomic E-state index is 10.5. The zero-order valence-electron chi connectivity index (χ0n) is 14.4. The van der Waals surface area contributed by atoms with E-state index in [0.29, 0.717) is 5.75 Å². The van der Waals surface area contributed by atoms with Gasteiger partial charge in [-0.05, 0) is 12.0 Å². The summed E-state index contributed by atoms with van der Waals surface area (Å²) in [6.45, 7) is 4.16. The fourth-order valence-electron chi connectivity index (χ4n) is 3.46. The molecule has 0 bridgehead atoms. The molecule has 1 aromatic rings. The Hall–Kier alpha value is -1.84. The Bertz CT molecular complexity index is 734. The van der Waals surface area contributed by atoms with Gasteiger partial charge in [-0.1, -0.05) is 39.0 Å². The highest BCUT2D eigenvalue weighted by Gasteiger charge is 2.23. The fourth-order valence-corrected chi connectivity index (χ4v) is 3.46. The molecule has 2 heterocycles. The molecule has 0 unspecified atom stereocenters. The van der Waals surface area contributed by atoms with Crippen LogP contribution in [-0.2, 0) is 0 Å². The molecule has 0 aliphatic carbocycles. The molecule has 0 spiro atoms. The number of hydrogen-bond donors (Lipinski definition) is 2. The minimum absolute atomic E-state index is 0.302. The molecule has 124 valence electrons. The normalized spacial score (nSPS) is 15.2. The van der Waals surface area contributed by atoms with Crippen molar-refractivity contribution in [2.24, 2.45) is 4.99 Å². The molecule has 23 heavy (non-hydrogen) atoms. The first kappa shape index (κ1) is 16.0. The Balaban J connectivity index is 1.70. The van der Waals surface area contributed by atoms with E-state index in [1.165, 1.54) is 43.0 Å². The lowest BCUT2D eigenvalue weighted by molar-refractivity contribution is 0.477. The molecular weight excluding hydrogens is 286 g/mol. The number of phenols is 1. The Morgan fingerprint density at radius 1 is 1.22 bits per heavy atom. The van der Waals surface area contributed by atoms with E-state index in [9.17, 15) is 5.11 Å². The fraction of sp³-hybridized carbons (Fsp3) is 0.579. The van der Waals surface area contributed by atoms with E-state index in [-0.39, 0.29) is 0 Å². The minimum Gasteiger partial charge on any atom is -0.504 e. The Morgan fingerprint density at radius 2 is 2.00 bits per heavy atom. The second kappa shape index (κ2) is 7.16. The van der Waals surface area contributed by atoms with Crippen molar-refractivity contribution in [1.82, 2.24) is 4.58 Å². The van der Waals surface area contributed by atoms with Crippen molar-refractivity contribution in [2.75, 3.05) is 25.5 Å². The molecular formula is C19H28N3O+. The number of anilines is 1. The SMILES string of the molecule is CCCCCCCCNc1cc2c3c(c1O)N=CC=3CC[N+]=2C. The van der Waals surface area contributed by atoms with E-state index in [2.05, 4.69) is 34.9 Å². The van der Waals surface area contributed by atoms with E-state index in [0.717, 1.165) is 42.5 Å². The van der Waals surface area contributed by atoms with E-state index in [1.54, 1.807) is 0 Å². The Kier molecular flexibility index (Phi) is 4.99. The van der Waals surface area contributed by atoms with Crippen LogP contribution in [0.25, 0.3) is 5.57 Å². The molecule has 2 aliphatic rings. The number of aliphatic imine (C=N–C) groups is 1. The first-order valence-corrected chi connectivity index (χ1v) is 8.97. The topological polar surface area (TPSA) is 47.6 Å². The summed E-state index contributed by atoms with van der Waals surface area (Å²) in [4.78, 5) is 4.45. The minimum atomic E-state index is 0.302. The van der Waals surface area contributed by atoms with Gasteiger partial charge in [-0.15, -0.1) is 0 Å². The zero-order chi connectivity index (χ0) is 16.2. The second-order valence-electron chi connectivity index (χ2n) is 6.67. The molecule has 0 aromatic heterocycles. The maximum atomic E-state index is 10.5. The molecule has 0 saturated heterocycles. The number of aromatic hydroxyl groups is 1. The number of benzene rings is 1. The van der Waals surface area contributed by atoms with Gasteiger partial charge in [-0.3, -0.25) is 4.99 Å². The molecule has 2 N–H and O–H groups in total. The van der Waals surface area contributed by atoms with E-state index in [1.807, 2.05) is 6.21 Å². The van der Waals surface area contributed by atoms with E-state index < -0.39 is 0 Å². The van der Waals surface area contributed by atoms with Crippen LogP contribution in [0.4, 0.5) is 11.4 Å². The molecule has 0 atom stereocenters. The molecule has 4 heteroatoms. The van der Waals surface area contributed by atoms with Crippen molar-refractivity contribution in [3.63, 3.8) is 0 Å². The predicted octanol–water partition coefficient (Wildman–Crippen LogP) is 2.56. The average Bonchev–Trinajstić information content (AvgIpc) is 2.98. The van der Waals surface area contributed by atoms with Crippen molar-refractivity contribution in [3.8, 4) is 5.75 Å². The van der Waals surface area contributed by atoms with Gasteiger partial charge in [-0.25, -0.2) is 4.58 Å². The van der Waals surface area contributed by atoms with Crippen LogP contribution in [0.3, 0.4) is 0 Å². The molecule has 0 saturated carbocycles. The quantitative estimate of drug-likeness (QED) is 0.440. The number of phenolic OH excluding ortho intramolecular Hbond substituents is 1. The predicted molar refractivity (Wildman–Crippen MR) is 97.4 cm³/mol. The zero-order valence-corrected chi connectivity index (χ0v) is 14.4. The molecule has 2 aliphatic heterocycles. The van der Waals surface area contributed by atoms with Gasteiger partial charge in [0, 0.05) is 25.2 Å². The number of hydrogen-bond acceptors (Lipinski definition) is 3. The van der Waals surface area contributed by atoms with Gasteiger partial charge in [0.05, 0.1) is 10.9 Å². The van der Waals surface area contributed by atoms with Gasteiger partial charge in [0.1, 0.15) is 19.3 Å². The largest absolute Gasteiger partial charge is 0.504 e. The van der Waals surface area contributed by atoms with Crippen molar-refractivity contribution >= 4 is 23.2 Å². The lowest BCUT2D eigenvalue weighted by atomic mass is 10.1. The van der Waals surface area contributed by atoms with Gasteiger partial charge >= 0.3 is 0 Å². The van der Waals surface area contributed by atoms with E-state index >= 15 is 0 Å². The van der Waals surface area contributed by atoms with Gasteiger partial charge in [-0.2, -0.15) is 0 Å². The smallest absolute Gasteiger partial charge is 0.211 e. The van der Waals surface area contributed by atoms with Crippen molar-refractivity contribution < 1.29 is 5.11 Å². The summed E-state index contributed by atoms with van der Waals surface area (Å²) in [6.07, 6.45) is 10.6. The van der Waals surface area contributed by atoms with Crippen molar-refractivity contribution in [3.05, 3.63) is 16.6 Å². The number of nitrogens with zero attached hydrogens (tertiary/aromatic N) is 2. The van der Waals surface area contributed by atoms with Crippen LogP contribution >= 0.6 is 0 Å². The molecule has 4 nitrogen and oxygen atoms in total. The highest BCUT2D eigenvalue weighted by Crippen LogP contribution is 2.32. The number of unbranched alkanes of at least 4 members (excludes halogenated alkanes) is 5. The highest BCUT2D eigenvalue weighted by atomic mass is 16.3. The third-order valence-corrected chi connectivity index (χ3v) is 4.90. The van der Waals surface area contributed by atoms with Gasteiger partial charge in [0.15, 0.2) is 5.75 Å². The average molecular weight is 314 g/mol. The maximum Gasteiger partial charge on any atom is 0.211 e. The molecule has 0 fully saturated rings. The summed E-state index contributed by atoms with van der Waals surface area (Å²) in [5.41, 5.74) is 2.82. The summed E-state index contributed by atoms with van der Waals surface area (Å²) >= 11 is 0. The second-order valence-corrected chi connectivity index (χ2v) is 6.67. The number of rotatable bonds is 8. The van der Waals surface area contributed by atoms with Crippen molar-refractivity contribution in [2.45, 2.75) is 51.9 Å². The van der Waals surface area contributed by atoms with Crippen LogP contribution in [0.2, 0.25) is 0 Å².